The highest BCUT2D eigenvalue weighted by Gasteiger charge is 2.16. The summed E-state index contributed by atoms with van der Waals surface area (Å²) >= 11 is 0. The van der Waals surface area contributed by atoms with E-state index in [0.717, 1.165) is 27.9 Å². The zero-order chi connectivity index (χ0) is 20.7. The van der Waals surface area contributed by atoms with Crippen molar-refractivity contribution in [2.45, 2.75) is 40.0 Å². The van der Waals surface area contributed by atoms with Crippen molar-refractivity contribution in [3.8, 4) is 22.4 Å². The van der Waals surface area contributed by atoms with E-state index in [1.54, 1.807) is 0 Å². The highest BCUT2D eigenvalue weighted by molar-refractivity contribution is 5.75. The summed E-state index contributed by atoms with van der Waals surface area (Å²) in [6.07, 6.45) is 2.00. The second kappa shape index (κ2) is 6.48. The molecular formula is C24H28N+. The molecule has 1 nitrogen and oxygen atoms in total. The van der Waals surface area contributed by atoms with E-state index < -0.39 is 6.85 Å². The van der Waals surface area contributed by atoms with Crippen molar-refractivity contribution >= 4 is 0 Å². The molecule has 0 aliphatic carbocycles. The van der Waals surface area contributed by atoms with Crippen molar-refractivity contribution in [3.63, 3.8) is 0 Å². The fourth-order valence-electron chi connectivity index (χ4n) is 3.18. The van der Waals surface area contributed by atoms with E-state index in [2.05, 4.69) is 43.5 Å². The number of aryl methyl sites for hydroxylation is 3. The number of hydrogen-bond donors (Lipinski definition) is 0. The van der Waals surface area contributed by atoms with E-state index in [9.17, 15) is 0 Å². The van der Waals surface area contributed by atoms with Gasteiger partial charge in [0.1, 0.15) is 7.05 Å². The largest absolute Gasteiger partial charge is 0.212 e. The molecule has 0 aliphatic rings. The third kappa shape index (κ3) is 3.51. The van der Waals surface area contributed by atoms with Gasteiger partial charge in [0.05, 0.1) is 0 Å². The Hall–Kier alpha value is -2.41. The molecule has 1 heterocycles. The van der Waals surface area contributed by atoms with Gasteiger partial charge in [0.2, 0.25) is 5.69 Å². The molecule has 0 saturated carbocycles. The minimum Gasteiger partial charge on any atom is -0.201 e. The first-order chi connectivity index (χ1) is 13.0. The first-order valence-electron chi connectivity index (χ1n) is 10.2. The highest BCUT2D eigenvalue weighted by Crippen LogP contribution is 2.32. The van der Waals surface area contributed by atoms with Crippen LogP contribution in [0.4, 0.5) is 0 Å². The van der Waals surface area contributed by atoms with E-state index in [1.165, 1.54) is 5.56 Å². The van der Waals surface area contributed by atoms with Crippen LogP contribution in [0.5, 0.6) is 0 Å². The molecule has 0 unspecified atom stereocenters. The molecule has 3 rings (SSSR count). The van der Waals surface area contributed by atoms with Crippen LogP contribution in [0, 0.1) is 13.8 Å². The summed E-state index contributed by atoms with van der Waals surface area (Å²) in [6, 6.07) is 18.2. The van der Waals surface area contributed by atoms with Gasteiger partial charge in [-0.15, -0.1) is 0 Å². The number of hydrogen-bond acceptors (Lipinski definition) is 0. The van der Waals surface area contributed by atoms with E-state index in [0.29, 0.717) is 5.56 Å². The molecule has 0 radical (unpaired) electrons. The normalized spacial score (nSPS) is 13.9. The third-order valence-electron chi connectivity index (χ3n) is 4.76. The van der Waals surface area contributed by atoms with Crippen LogP contribution in [-0.4, -0.2) is 0 Å². The van der Waals surface area contributed by atoms with Crippen molar-refractivity contribution in [1.29, 1.82) is 0 Å². The van der Waals surface area contributed by atoms with Crippen LogP contribution < -0.4 is 4.57 Å². The van der Waals surface area contributed by atoms with Crippen molar-refractivity contribution in [3.05, 3.63) is 77.5 Å². The SMILES string of the molecule is [2H]C([2H])([2H])c1cc(C)c(-c2cccc[n+]2C)cc1-c1ccc(C(C)(C)C)cc1. The predicted molar refractivity (Wildman–Crippen MR) is 107 cm³/mol. The topological polar surface area (TPSA) is 3.88 Å². The van der Waals surface area contributed by atoms with Crippen LogP contribution in [0.25, 0.3) is 22.4 Å². The Labute approximate surface area is 156 Å². The summed E-state index contributed by atoms with van der Waals surface area (Å²) in [5.41, 5.74) is 6.45. The molecule has 0 saturated heterocycles. The van der Waals surface area contributed by atoms with Crippen LogP contribution in [0.15, 0.2) is 60.8 Å². The van der Waals surface area contributed by atoms with Crippen LogP contribution in [-0.2, 0) is 12.5 Å². The van der Waals surface area contributed by atoms with Gasteiger partial charge in [0.25, 0.3) is 0 Å². The third-order valence-corrected chi connectivity index (χ3v) is 4.76. The molecular weight excluding hydrogens is 302 g/mol. The maximum Gasteiger partial charge on any atom is 0.212 e. The second-order valence-corrected chi connectivity index (χ2v) is 7.74. The van der Waals surface area contributed by atoms with Gasteiger partial charge in [-0.05, 0) is 59.1 Å². The maximum absolute atomic E-state index is 8.05. The van der Waals surface area contributed by atoms with E-state index in [4.69, 9.17) is 4.11 Å². The zero-order valence-electron chi connectivity index (χ0n) is 18.7. The van der Waals surface area contributed by atoms with Gasteiger partial charge in [-0.3, -0.25) is 0 Å². The summed E-state index contributed by atoms with van der Waals surface area (Å²) in [7, 11) is 2.00. The number of nitrogens with zero attached hydrogens (tertiary/aromatic N) is 1. The molecule has 1 aromatic heterocycles. The lowest BCUT2D eigenvalue weighted by Crippen LogP contribution is -2.30. The van der Waals surface area contributed by atoms with Crippen LogP contribution >= 0.6 is 0 Å². The van der Waals surface area contributed by atoms with Gasteiger partial charge in [-0.2, -0.15) is 0 Å². The van der Waals surface area contributed by atoms with Gasteiger partial charge in [0, 0.05) is 21.8 Å². The Morgan fingerprint density at radius 3 is 2.20 bits per heavy atom. The van der Waals surface area contributed by atoms with Gasteiger partial charge in [-0.25, -0.2) is 4.57 Å². The molecule has 0 bridgehead atoms. The summed E-state index contributed by atoms with van der Waals surface area (Å²) < 4.78 is 26.2. The first-order valence-corrected chi connectivity index (χ1v) is 8.69. The number of pyridine rings is 1. The Morgan fingerprint density at radius 2 is 1.60 bits per heavy atom. The zero-order valence-corrected chi connectivity index (χ0v) is 15.7. The molecule has 0 amide bonds. The van der Waals surface area contributed by atoms with Gasteiger partial charge >= 0.3 is 0 Å². The van der Waals surface area contributed by atoms with Crippen LogP contribution in [0.3, 0.4) is 0 Å². The summed E-state index contributed by atoms with van der Waals surface area (Å²) in [6.45, 7) is 6.34. The fourth-order valence-corrected chi connectivity index (χ4v) is 3.18. The number of benzene rings is 2. The highest BCUT2D eigenvalue weighted by atomic mass is 14.9. The van der Waals surface area contributed by atoms with Crippen molar-refractivity contribution in [1.82, 2.24) is 0 Å². The Balaban J connectivity index is 2.23. The smallest absolute Gasteiger partial charge is 0.201 e. The molecule has 0 N–H and O–H groups in total. The Kier molecular flexibility index (Phi) is 3.58. The molecule has 25 heavy (non-hydrogen) atoms. The lowest BCUT2D eigenvalue weighted by molar-refractivity contribution is -0.660. The molecule has 0 atom stereocenters. The van der Waals surface area contributed by atoms with Crippen LogP contribution in [0.2, 0.25) is 0 Å². The Bertz CT molecular complexity index is 994. The predicted octanol–water partition coefficient (Wildman–Crippen LogP) is 5.76. The molecule has 2 aromatic carbocycles. The summed E-state index contributed by atoms with van der Waals surface area (Å²) in [4.78, 5) is 0. The lowest BCUT2D eigenvalue weighted by Gasteiger charge is -2.19. The number of rotatable bonds is 2. The average molecular weight is 334 g/mol. The molecule has 1 heteroatoms. The molecule has 128 valence electrons. The minimum atomic E-state index is -2.17. The average Bonchev–Trinajstić information content (AvgIpc) is 2.61. The van der Waals surface area contributed by atoms with E-state index >= 15 is 0 Å². The maximum atomic E-state index is 8.05. The quantitative estimate of drug-likeness (QED) is 0.525. The fraction of sp³-hybridized carbons (Fsp3) is 0.292. The van der Waals surface area contributed by atoms with Crippen molar-refractivity contribution in [2.24, 2.45) is 7.05 Å². The monoisotopic (exact) mass is 333 g/mol. The molecule has 0 fully saturated rings. The molecule has 0 aliphatic heterocycles. The second-order valence-electron chi connectivity index (χ2n) is 7.74. The molecule has 0 spiro atoms. The lowest BCUT2D eigenvalue weighted by atomic mass is 9.85. The van der Waals surface area contributed by atoms with Crippen molar-refractivity contribution in [2.75, 3.05) is 0 Å². The van der Waals surface area contributed by atoms with Gasteiger partial charge in [-0.1, -0.05) is 51.1 Å². The number of aromatic nitrogens is 1. The van der Waals surface area contributed by atoms with Gasteiger partial charge in [0.15, 0.2) is 6.20 Å². The standard InChI is InChI=1S/C24H28N/c1-17-15-18(2)22(23-9-7-8-14-25(23)6)16-21(17)19-10-12-20(13-11-19)24(3,4)5/h7-16H,1-6H3/q+1/i1D3. The van der Waals surface area contributed by atoms with E-state index in [1.807, 2.05) is 56.6 Å². The van der Waals surface area contributed by atoms with Crippen molar-refractivity contribution < 1.29 is 8.68 Å². The van der Waals surface area contributed by atoms with Gasteiger partial charge < -0.3 is 0 Å². The summed E-state index contributed by atoms with van der Waals surface area (Å²) in [5, 5.41) is 0. The summed E-state index contributed by atoms with van der Waals surface area (Å²) in [5.74, 6) is 0. The molecule has 3 aromatic rings. The van der Waals surface area contributed by atoms with E-state index in [-0.39, 0.29) is 5.41 Å². The minimum absolute atomic E-state index is 0.0572. The first kappa shape index (κ1) is 13.8. The Morgan fingerprint density at radius 1 is 0.880 bits per heavy atom. The van der Waals surface area contributed by atoms with Crippen LogP contribution in [0.1, 0.15) is 41.6 Å².